The maximum absolute atomic E-state index is 12.0. The van der Waals surface area contributed by atoms with Gasteiger partial charge < -0.3 is 15.4 Å². The van der Waals surface area contributed by atoms with E-state index in [1.165, 1.54) is 0 Å². The van der Waals surface area contributed by atoms with E-state index in [0.29, 0.717) is 19.8 Å². The number of benzene rings is 1. The fraction of sp³-hybridized carbons (Fsp3) is 0.538. The molecular formula is C13H23N3O3S. The lowest BCUT2D eigenvalue weighted by Crippen LogP contribution is -2.28. The second kappa shape index (κ2) is 8.33. The normalized spacial score (nSPS) is 12.0. The molecule has 1 aromatic carbocycles. The monoisotopic (exact) mass is 301 g/mol. The number of ether oxygens (including phenoxy) is 1. The molecule has 0 saturated carbocycles. The Morgan fingerprint density at radius 3 is 2.70 bits per heavy atom. The Morgan fingerprint density at radius 2 is 2.05 bits per heavy atom. The Labute approximate surface area is 121 Å². The van der Waals surface area contributed by atoms with Gasteiger partial charge in [-0.2, -0.15) is 0 Å². The molecule has 0 spiro atoms. The highest BCUT2D eigenvalue weighted by Gasteiger charge is 2.13. The van der Waals surface area contributed by atoms with Gasteiger partial charge in [0.05, 0.1) is 18.1 Å². The van der Waals surface area contributed by atoms with Gasteiger partial charge in [-0.3, -0.25) is 0 Å². The maximum Gasteiger partial charge on any atom is 0.240 e. The maximum atomic E-state index is 12.0. The molecule has 0 fully saturated rings. The second-order valence-electron chi connectivity index (χ2n) is 4.66. The van der Waals surface area contributed by atoms with Crippen molar-refractivity contribution in [2.75, 3.05) is 40.4 Å². The summed E-state index contributed by atoms with van der Waals surface area (Å²) in [6.45, 7) is 2.31. The van der Waals surface area contributed by atoms with E-state index in [1.807, 2.05) is 19.0 Å². The van der Waals surface area contributed by atoms with E-state index < -0.39 is 10.0 Å². The van der Waals surface area contributed by atoms with Crippen molar-refractivity contribution in [2.24, 2.45) is 5.73 Å². The quantitative estimate of drug-likeness (QED) is 0.627. The van der Waals surface area contributed by atoms with Crippen LogP contribution in [0, 0.1) is 0 Å². The number of nitrogens with one attached hydrogen (secondary N) is 1. The van der Waals surface area contributed by atoms with Crippen LogP contribution in [-0.2, 0) is 21.3 Å². The Kier molecular flexibility index (Phi) is 7.11. The molecule has 0 aliphatic heterocycles. The third-order valence-electron chi connectivity index (χ3n) is 2.67. The highest BCUT2D eigenvalue weighted by Crippen LogP contribution is 2.10. The summed E-state index contributed by atoms with van der Waals surface area (Å²) in [7, 11) is 0.417. The minimum Gasteiger partial charge on any atom is -0.379 e. The van der Waals surface area contributed by atoms with Crippen molar-refractivity contribution in [3.05, 3.63) is 29.8 Å². The van der Waals surface area contributed by atoms with Crippen LogP contribution in [0.15, 0.2) is 29.2 Å². The number of nitrogens with zero attached hydrogens (tertiary/aromatic N) is 1. The summed E-state index contributed by atoms with van der Waals surface area (Å²) in [5.74, 6) is 0. The van der Waals surface area contributed by atoms with Crippen molar-refractivity contribution in [2.45, 2.75) is 11.4 Å². The van der Waals surface area contributed by atoms with Gasteiger partial charge in [0.2, 0.25) is 10.0 Å². The molecule has 0 saturated heterocycles. The SMILES string of the molecule is CN(C)CCOCCNS(=O)(=O)c1cccc(CN)c1. The molecule has 20 heavy (non-hydrogen) atoms. The first-order valence-corrected chi connectivity index (χ1v) is 7.95. The van der Waals surface area contributed by atoms with E-state index in [2.05, 4.69) is 4.72 Å². The molecule has 7 heteroatoms. The third-order valence-corrected chi connectivity index (χ3v) is 4.12. The molecule has 0 amide bonds. The van der Waals surface area contributed by atoms with Crippen LogP contribution in [0.2, 0.25) is 0 Å². The van der Waals surface area contributed by atoms with Crippen LogP contribution in [0.5, 0.6) is 0 Å². The Balaban J connectivity index is 2.41. The van der Waals surface area contributed by atoms with Crippen molar-refractivity contribution >= 4 is 10.0 Å². The van der Waals surface area contributed by atoms with Gasteiger partial charge in [0.15, 0.2) is 0 Å². The van der Waals surface area contributed by atoms with Crippen LogP contribution < -0.4 is 10.5 Å². The van der Waals surface area contributed by atoms with Crippen molar-refractivity contribution < 1.29 is 13.2 Å². The highest BCUT2D eigenvalue weighted by molar-refractivity contribution is 7.89. The molecule has 3 N–H and O–H groups in total. The predicted molar refractivity (Wildman–Crippen MR) is 78.9 cm³/mol. The van der Waals surface area contributed by atoms with E-state index in [4.69, 9.17) is 10.5 Å². The molecule has 0 aliphatic carbocycles. The summed E-state index contributed by atoms with van der Waals surface area (Å²) in [6.07, 6.45) is 0. The lowest BCUT2D eigenvalue weighted by Gasteiger charge is -2.11. The lowest BCUT2D eigenvalue weighted by atomic mass is 10.2. The highest BCUT2D eigenvalue weighted by atomic mass is 32.2. The molecule has 0 unspecified atom stereocenters. The molecule has 1 rings (SSSR count). The molecule has 6 nitrogen and oxygen atoms in total. The van der Waals surface area contributed by atoms with Crippen LogP contribution >= 0.6 is 0 Å². The molecule has 0 aliphatic rings. The van der Waals surface area contributed by atoms with E-state index in [1.54, 1.807) is 24.3 Å². The summed E-state index contributed by atoms with van der Waals surface area (Å²) < 4.78 is 31.9. The van der Waals surface area contributed by atoms with Crippen LogP contribution in [-0.4, -0.2) is 53.7 Å². The molecule has 0 radical (unpaired) electrons. The molecule has 114 valence electrons. The van der Waals surface area contributed by atoms with Gasteiger partial charge in [0.25, 0.3) is 0 Å². The number of nitrogens with two attached hydrogens (primary N) is 1. The second-order valence-corrected chi connectivity index (χ2v) is 6.43. The Morgan fingerprint density at radius 1 is 1.30 bits per heavy atom. The van der Waals surface area contributed by atoms with Gasteiger partial charge in [0, 0.05) is 19.6 Å². The van der Waals surface area contributed by atoms with Crippen LogP contribution in [0.1, 0.15) is 5.56 Å². The van der Waals surface area contributed by atoms with Gasteiger partial charge >= 0.3 is 0 Å². The molecule has 1 aromatic rings. The topological polar surface area (TPSA) is 84.7 Å². The summed E-state index contributed by atoms with van der Waals surface area (Å²) >= 11 is 0. The van der Waals surface area contributed by atoms with Gasteiger partial charge in [0.1, 0.15) is 0 Å². The van der Waals surface area contributed by atoms with E-state index in [9.17, 15) is 8.42 Å². The van der Waals surface area contributed by atoms with Gasteiger partial charge in [-0.05, 0) is 31.8 Å². The Bertz CT molecular complexity index is 503. The first-order chi connectivity index (χ1) is 9.45. The molecule has 0 heterocycles. The van der Waals surface area contributed by atoms with Crippen molar-refractivity contribution in [1.29, 1.82) is 0 Å². The number of sulfonamides is 1. The van der Waals surface area contributed by atoms with E-state index in [-0.39, 0.29) is 11.4 Å². The standard InChI is InChI=1S/C13H23N3O3S/c1-16(2)7-9-19-8-6-15-20(17,18)13-5-3-4-12(10-13)11-14/h3-5,10,15H,6-9,11,14H2,1-2H3. The molecule has 0 aromatic heterocycles. The zero-order chi connectivity index (χ0) is 15.0. The predicted octanol–water partition coefficient (Wildman–Crippen LogP) is 0.00180. The van der Waals surface area contributed by atoms with Crippen molar-refractivity contribution in [3.63, 3.8) is 0 Å². The van der Waals surface area contributed by atoms with Gasteiger partial charge in [-0.15, -0.1) is 0 Å². The first kappa shape index (κ1) is 17.1. The summed E-state index contributed by atoms with van der Waals surface area (Å²) in [4.78, 5) is 2.23. The van der Waals surface area contributed by atoms with Gasteiger partial charge in [-0.1, -0.05) is 12.1 Å². The van der Waals surface area contributed by atoms with Crippen LogP contribution in [0.25, 0.3) is 0 Å². The number of likely N-dealkylation sites (N-methyl/N-ethyl adjacent to an activating group) is 1. The minimum atomic E-state index is -3.49. The van der Waals surface area contributed by atoms with Crippen LogP contribution in [0.3, 0.4) is 0 Å². The average molecular weight is 301 g/mol. The number of hydrogen-bond acceptors (Lipinski definition) is 5. The Hall–Kier alpha value is -0.990. The number of rotatable bonds is 9. The zero-order valence-corrected chi connectivity index (χ0v) is 12.8. The minimum absolute atomic E-state index is 0.230. The molecular weight excluding hydrogens is 278 g/mol. The molecule has 0 bridgehead atoms. The van der Waals surface area contributed by atoms with E-state index in [0.717, 1.165) is 12.1 Å². The fourth-order valence-electron chi connectivity index (χ4n) is 1.52. The average Bonchev–Trinajstić information content (AvgIpc) is 2.42. The third kappa shape index (κ3) is 5.98. The van der Waals surface area contributed by atoms with Gasteiger partial charge in [-0.25, -0.2) is 13.1 Å². The largest absolute Gasteiger partial charge is 0.379 e. The molecule has 0 atom stereocenters. The van der Waals surface area contributed by atoms with Crippen LogP contribution in [0.4, 0.5) is 0 Å². The van der Waals surface area contributed by atoms with Crippen molar-refractivity contribution in [3.8, 4) is 0 Å². The van der Waals surface area contributed by atoms with Crippen molar-refractivity contribution in [1.82, 2.24) is 9.62 Å². The summed E-state index contributed by atoms with van der Waals surface area (Å²) in [5.41, 5.74) is 6.29. The smallest absolute Gasteiger partial charge is 0.240 e. The lowest BCUT2D eigenvalue weighted by molar-refractivity contribution is 0.122. The fourth-order valence-corrected chi connectivity index (χ4v) is 2.60. The zero-order valence-electron chi connectivity index (χ0n) is 12.0. The van der Waals surface area contributed by atoms with E-state index >= 15 is 0 Å². The summed E-state index contributed by atoms with van der Waals surface area (Å²) in [6, 6.07) is 6.61. The summed E-state index contributed by atoms with van der Waals surface area (Å²) in [5, 5.41) is 0. The first-order valence-electron chi connectivity index (χ1n) is 6.47. The number of hydrogen-bond donors (Lipinski definition) is 2.